The summed E-state index contributed by atoms with van der Waals surface area (Å²) in [5, 5.41) is 2.21. The summed E-state index contributed by atoms with van der Waals surface area (Å²) in [4.78, 5) is 4.02. The van der Waals surface area contributed by atoms with Gasteiger partial charge in [0, 0.05) is 10.4 Å². The van der Waals surface area contributed by atoms with Crippen LogP contribution < -0.4 is 0 Å². The number of hydrogen-bond acceptors (Lipinski definition) is 2. The van der Waals surface area contributed by atoms with Crippen molar-refractivity contribution in [1.82, 2.24) is 4.90 Å². The summed E-state index contributed by atoms with van der Waals surface area (Å²) in [6.07, 6.45) is 3.80. The minimum absolute atomic E-state index is 0.179. The van der Waals surface area contributed by atoms with Crippen molar-refractivity contribution in [3.8, 4) is 0 Å². The Morgan fingerprint density at radius 3 is 2.48 bits per heavy atom. The van der Waals surface area contributed by atoms with E-state index < -0.39 is 0 Å². The Labute approximate surface area is 132 Å². The minimum Gasteiger partial charge on any atom is -0.300 e. The quantitative estimate of drug-likeness (QED) is 0.716. The molecule has 1 aliphatic carbocycles. The van der Waals surface area contributed by atoms with E-state index >= 15 is 0 Å². The van der Waals surface area contributed by atoms with Gasteiger partial charge >= 0.3 is 0 Å². The van der Waals surface area contributed by atoms with Crippen molar-refractivity contribution in [2.45, 2.75) is 37.6 Å². The third kappa shape index (κ3) is 2.79. The van der Waals surface area contributed by atoms with E-state index in [1.807, 2.05) is 11.3 Å². The first-order valence-electron chi connectivity index (χ1n) is 7.93. The van der Waals surface area contributed by atoms with Crippen LogP contribution in [0.1, 0.15) is 42.5 Å². The Morgan fingerprint density at radius 1 is 1.14 bits per heavy atom. The van der Waals surface area contributed by atoms with Gasteiger partial charge in [0.1, 0.15) is 0 Å². The summed E-state index contributed by atoms with van der Waals surface area (Å²) in [6, 6.07) is 15.6. The van der Waals surface area contributed by atoms with Gasteiger partial charge in [-0.1, -0.05) is 43.3 Å². The van der Waals surface area contributed by atoms with Gasteiger partial charge in [-0.15, -0.1) is 11.3 Å². The van der Waals surface area contributed by atoms with Crippen LogP contribution in [-0.2, 0) is 5.54 Å². The van der Waals surface area contributed by atoms with Gasteiger partial charge in [-0.05, 0) is 62.2 Å². The number of hydrogen-bond donors (Lipinski definition) is 0. The number of rotatable bonds is 6. The molecule has 21 heavy (non-hydrogen) atoms. The zero-order chi connectivity index (χ0) is 14.9. The van der Waals surface area contributed by atoms with E-state index in [0.29, 0.717) is 0 Å². The van der Waals surface area contributed by atoms with Crippen LogP contribution in [-0.4, -0.2) is 19.0 Å². The Kier molecular flexibility index (Phi) is 4.19. The van der Waals surface area contributed by atoms with Gasteiger partial charge in [-0.3, -0.25) is 4.90 Å². The lowest BCUT2D eigenvalue weighted by Gasteiger charge is -2.40. The molecule has 112 valence electrons. The molecule has 1 aromatic heterocycles. The van der Waals surface area contributed by atoms with Crippen molar-refractivity contribution in [2.75, 3.05) is 14.1 Å². The van der Waals surface area contributed by atoms with Crippen LogP contribution in [0.2, 0.25) is 0 Å². The first-order valence-corrected chi connectivity index (χ1v) is 8.81. The van der Waals surface area contributed by atoms with Crippen LogP contribution in [0.3, 0.4) is 0 Å². The maximum absolute atomic E-state index is 2.44. The molecule has 0 amide bonds. The second-order valence-corrected chi connectivity index (χ2v) is 7.45. The first-order chi connectivity index (χ1) is 10.2. The summed E-state index contributed by atoms with van der Waals surface area (Å²) >= 11 is 1.92. The molecule has 3 rings (SSSR count). The standard InChI is InChI=1S/C19H25NS/c1-4-19(20(2)3,16-9-6-5-7-10-16)14-15-13-17(15)18-11-8-12-21-18/h5-12,15,17H,4,13-14H2,1-3H3. The maximum Gasteiger partial charge on any atom is 0.0455 e. The number of thiophene rings is 1. The van der Waals surface area contributed by atoms with Crippen LogP contribution in [0.4, 0.5) is 0 Å². The van der Waals surface area contributed by atoms with E-state index in [1.165, 1.54) is 18.4 Å². The maximum atomic E-state index is 2.44. The second kappa shape index (κ2) is 5.94. The molecule has 3 atom stereocenters. The SMILES string of the molecule is CCC(CC1CC1c1cccs1)(c1ccccc1)N(C)C. The molecule has 0 radical (unpaired) electrons. The molecular formula is C19H25NS. The van der Waals surface area contributed by atoms with Crippen LogP contribution in [0.5, 0.6) is 0 Å². The molecule has 0 saturated heterocycles. The van der Waals surface area contributed by atoms with Crippen molar-refractivity contribution in [1.29, 1.82) is 0 Å². The molecule has 1 aromatic carbocycles. The summed E-state index contributed by atoms with van der Waals surface area (Å²) in [7, 11) is 4.47. The second-order valence-electron chi connectivity index (χ2n) is 6.47. The van der Waals surface area contributed by atoms with Crippen LogP contribution in [0, 0.1) is 5.92 Å². The molecule has 1 heterocycles. The fourth-order valence-corrected chi connectivity index (χ4v) is 4.66. The Balaban J connectivity index is 1.81. The molecule has 1 aliphatic rings. The van der Waals surface area contributed by atoms with E-state index in [4.69, 9.17) is 0 Å². The van der Waals surface area contributed by atoms with Gasteiger partial charge in [0.15, 0.2) is 0 Å². The minimum atomic E-state index is 0.179. The van der Waals surface area contributed by atoms with Crippen LogP contribution in [0.25, 0.3) is 0 Å². The molecule has 0 bridgehead atoms. The molecule has 3 unspecified atom stereocenters. The largest absolute Gasteiger partial charge is 0.300 e. The van der Waals surface area contributed by atoms with Gasteiger partial charge in [0.05, 0.1) is 0 Å². The van der Waals surface area contributed by atoms with E-state index in [-0.39, 0.29) is 5.54 Å². The number of benzene rings is 1. The molecule has 1 fully saturated rings. The molecule has 1 saturated carbocycles. The highest BCUT2D eigenvalue weighted by molar-refractivity contribution is 7.10. The normalized spacial score (nSPS) is 24.0. The van der Waals surface area contributed by atoms with Crippen molar-refractivity contribution in [3.05, 3.63) is 58.3 Å². The van der Waals surface area contributed by atoms with Gasteiger partial charge in [0.2, 0.25) is 0 Å². The smallest absolute Gasteiger partial charge is 0.0455 e. The molecule has 0 spiro atoms. The van der Waals surface area contributed by atoms with Crippen molar-refractivity contribution >= 4 is 11.3 Å². The molecule has 0 N–H and O–H groups in total. The topological polar surface area (TPSA) is 3.24 Å². The zero-order valence-corrected chi connectivity index (χ0v) is 14.1. The average Bonchev–Trinajstić information content (AvgIpc) is 3.05. The summed E-state index contributed by atoms with van der Waals surface area (Å²) < 4.78 is 0. The van der Waals surface area contributed by atoms with Crippen molar-refractivity contribution in [2.24, 2.45) is 5.92 Å². The molecule has 1 nitrogen and oxygen atoms in total. The van der Waals surface area contributed by atoms with Crippen molar-refractivity contribution in [3.63, 3.8) is 0 Å². The first kappa shape index (κ1) is 14.8. The predicted molar refractivity (Wildman–Crippen MR) is 91.9 cm³/mol. The summed E-state index contributed by atoms with van der Waals surface area (Å²) in [5.41, 5.74) is 1.65. The van der Waals surface area contributed by atoms with Gasteiger partial charge in [0.25, 0.3) is 0 Å². The van der Waals surface area contributed by atoms with Gasteiger partial charge in [-0.2, -0.15) is 0 Å². The molecular weight excluding hydrogens is 274 g/mol. The van der Waals surface area contributed by atoms with E-state index in [0.717, 1.165) is 18.3 Å². The summed E-state index contributed by atoms with van der Waals surface area (Å²) in [6.45, 7) is 2.33. The van der Waals surface area contributed by atoms with E-state index in [9.17, 15) is 0 Å². The van der Waals surface area contributed by atoms with Gasteiger partial charge in [-0.25, -0.2) is 0 Å². The predicted octanol–water partition coefficient (Wildman–Crippen LogP) is 5.11. The monoisotopic (exact) mass is 299 g/mol. The van der Waals surface area contributed by atoms with Crippen molar-refractivity contribution < 1.29 is 0 Å². The Bertz CT molecular complexity index is 561. The lowest BCUT2D eigenvalue weighted by Crippen LogP contribution is -2.41. The van der Waals surface area contributed by atoms with Crippen LogP contribution >= 0.6 is 11.3 Å². The molecule has 2 aromatic rings. The Morgan fingerprint density at radius 2 is 1.90 bits per heavy atom. The number of nitrogens with zero attached hydrogens (tertiary/aromatic N) is 1. The Hall–Kier alpha value is -1.12. The molecule has 0 aliphatic heterocycles. The fraction of sp³-hybridized carbons (Fsp3) is 0.474. The highest BCUT2D eigenvalue weighted by Gasteiger charge is 2.45. The highest BCUT2D eigenvalue weighted by Crippen LogP contribution is 2.55. The van der Waals surface area contributed by atoms with E-state index in [1.54, 1.807) is 4.88 Å². The third-order valence-corrected chi connectivity index (χ3v) is 6.19. The van der Waals surface area contributed by atoms with Crippen LogP contribution in [0.15, 0.2) is 47.8 Å². The lowest BCUT2D eigenvalue weighted by molar-refractivity contribution is 0.123. The van der Waals surface area contributed by atoms with Gasteiger partial charge < -0.3 is 0 Å². The third-order valence-electron chi connectivity index (χ3n) is 5.18. The summed E-state index contributed by atoms with van der Waals surface area (Å²) in [5.74, 6) is 1.64. The fourth-order valence-electron chi connectivity index (χ4n) is 3.73. The lowest BCUT2D eigenvalue weighted by atomic mass is 9.81. The van der Waals surface area contributed by atoms with E-state index in [2.05, 4.69) is 73.8 Å². The molecule has 2 heteroatoms. The zero-order valence-electron chi connectivity index (χ0n) is 13.3. The highest BCUT2D eigenvalue weighted by atomic mass is 32.1. The average molecular weight is 299 g/mol.